The van der Waals surface area contributed by atoms with E-state index in [1.807, 2.05) is 20.8 Å². The molecule has 0 bridgehead atoms. The summed E-state index contributed by atoms with van der Waals surface area (Å²) in [5.41, 5.74) is -4.37. The normalized spacial score (nSPS) is 51.0. The van der Waals surface area contributed by atoms with Gasteiger partial charge in [0.2, 0.25) is 0 Å². The quantitative estimate of drug-likeness (QED) is 0.0472. The molecule has 9 aliphatic rings. The fourth-order valence-electron chi connectivity index (χ4n) is 17.7. The number of aliphatic hydroxyl groups excluding tert-OH is 14. The number of carbonyl (C=O) groups excluding carboxylic acids is 2. The molecule has 4 saturated heterocycles. The van der Waals surface area contributed by atoms with E-state index in [-0.39, 0.29) is 19.3 Å². The van der Waals surface area contributed by atoms with Crippen LogP contribution in [0.1, 0.15) is 122 Å². The SMILES string of the molecule is C.CC(=O)OC1C(OC(=O)C(C)C)C2(CO)C(CC1(C)C)C1=CCC3C4(C)CCC(OC5OC(C)C(OC6OC(C(=O)O)C(O)C(OC7OC(CO)C(O)C(O)C7OC7OC(CO)C(O)C(O)C7O)C6O)C(O)C5O)C(C)(C)C4CCC3(C)C1(C)C(O)C2O. The molecule has 89 heavy (non-hydrogen) atoms. The smallest absolute Gasteiger partial charge is 0.335 e. The first-order valence-corrected chi connectivity index (χ1v) is 30.8. The zero-order valence-corrected chi connectivity index (χ0v) is 51.7. The highest BCUT2D eigenvalue weighted by atomic mass is 16.8. The van der Waals surface area contributed by atoms with E-state index < -0.39 is 235 Å². The molecule has 0 amide bonds. The molecule has 15 N–H and O–H groups in total. The van der Waals surface area contributed by atoms with Crippen molar-refractivity contribution in [2.45, 2.75) is 275 Å². The average Bonchev–Trinajstić information content (AvgIpc) is 0.665. The number of fused-ring (bicyclic) bond motifs is 7. The number of hydrogen-bond donors (Lipinski definition) is 15. The van der Waals surface area contributed by atoms with Gasteiger partial charge in [0, 0.05) is 17.8 Å². The lowest BCUT2D eigenvalue weighted by atomic mass is 9.32. The van der Waals surface area contributed by atoms with Crippen molar-refractivity contribution in [2.75, 3.05) is 19.8 Å². The third-order valence-electron chi connectivity index (χ3n) is 22.8. The molecule has 9 rings (SSSR count). The molecule has 0 radical (unpaired) electrons. The molecule has 28 nitrogen and oxygen atoms in total. The number of hydrogen-bond acceptors (Lipinski definition) is 27. The molecule has 8 fully saturated rings. The van der Waals surface area contributed by atoms with Crippen molar-refractivity contribution in [3.05, 3.63) is 11.6 Å². The van der Waals surface area contributed by atoms with Gasteiger partial charge in [-0.3, -0.25) is 9.59 Å². The number of ether oxygens (including phenoxy) is 10. The molecule has 0 spiro atoms. The predicted molar refractivity (Wildman–Crippen MR) is 302 cm³/mol. The molecule has 0 aromatic rings. The molecule has 5 aliphatic carbocycles. The van der Waals surface area contributed by atoms with Crippen LogP contribution in [0.4, 0.5) is 0 Å². The van der Waals surface area contributed by atoms with Crippen LogP contribution in [0.3, 0.4) is 0 Å². The first kappa shape index (κ1) is 72.1. The summed E-state index contributed by atoms with van der Waals surface area (Å²) in [7, 11) is 0. The topological polar surface area (TPSA) is 447 Å². The van der Waals surface area contributed by atoms with Crippen LogP contribution < -0.4 is 0 Å². The van der Waals surface area contributed by atoms with Gasteiger partial charge >= 0.3 is 17.9 Å². The molecule has 4 saturated carbocycles. The van der Waals surface area contributed by atoms with Crippen molar-refractivity contribution in [1.29, 1.82) is 0 Å². The Morgan fingerprint density at radius 3 is 1.74 bits per heavy atom. The van der Waals surface area contributed by atoms with Gasteiger partial charge in [-0.25, -0.2) is 4.79 Å². The minimum atomic E-state index is -2.27. The third kappa shape index (κ3) is 11.7. The first-order chi connectivity index (χ1) is 41.0. The van der Waals surface area contributed by atoms with E-state index >= 15 is 0 Å². The largest absolute Gasteiger partial charge is 0.479 e. The van der Waals surface area contributed by atoms with Crippen LogP contribution >= 0.6 is 0 Å². The summed E-state index contributed by atoms with van der Waals surface area (Å²) in [6, 6.07) is 0. The monoisotopic (exact) mass is 1280 g/mol. The Morgan fingerprint density at radius 2 is 1.16 bits per heavy atom. The second-order valence-corrected chi connectivity index (χ2v) is 28.7. The molecular formula is C61H100O28. The van der Waals surface area contributed by atoms with Gasteiger partial charge in [0.25, 0.3) is 0 Å². The first-order valence-electron chi connectivity index (χ1n) is 30.8. The fourth-order valence-corrected chi connectivity index (χ4v) is 17.7. The van der Waals surface area contributed by atoms with Gasteiger partial charge in [-0.05, 0) is 79.4 Å². The number of carboxylic acid groups (broad SMARTS) is 1. The highest BCUT2D eigenvalue weighted by Gasteiger charge is 2.76. The summed E-state index contributed by atoms with van der Waals surface area (Å²) < 4.78 is 59.3. The summed E-state index contributed by atoms with van der Waals surface area (Å²) in [4.78, 5) is 38.8. The van der Waals surface area contributed by atoms with Crippen molar-refractivity contribution in [3.63, 3.8) is 0 Å². The minimum Gasteiger partial charge on any atom is -0.479 e. The molecule has 0 aromatic carbocycles. The summed E-state index contributed by atoms with van der Waals surface area (Å²) in [5, 5.41) is 168. The molecule has 4 aliphatic heterocycles. The van der Waals surface area contributed by atoms with Crippen LogP contribution in [0.15, 0.2) is 11.6 Å². The third-order valence-corrected chi connectivity index (χ3v) is 22.8. The summed E-state index contributed by atoms with van der Waals surface area (Å²) in [6.07, 6.45) is -38.6. The van der Waals surface area contributed by atoms with E-state index in [1.165, 1.54) is 13.8 Å². The number of esters is 2. The number of carbonyl (C=O) groups is 3. The van der Waals surface area contributed by atoms with E-state index in [4.69, 9.17) is 47.4 Å². The lowest BCUT2D eigenvalue weighted by Crippen LogP contribution is -2.76. The maximum absolute atomic E-state index is 13.5. The second kappa shape index (κ2) is 26.1. The predicted octanol–water partition coefficient (Wildman–Crippen LogP) is -2.14. The Balaban J connectivity index is 0.0000102. The maximum atomic E-state index is 13.5. The number of allylic oxidation sites excluding steroid dienone is 1. The van der Waals surface area contributed by atoms with E-state index in [1.54, 1.807) is 13.8 Å². The van der Waals surface area contributed by atoms with Gasteiger partial charge in [0.1, 0.15) is 91.6 Å². The van der Waals surface area contributed by atoms with Crippen LogP contribution in [0.2, 0.25) is 0 Å². The summed E-state index contributed by atoms with van der Waals surface area (Å²) in [5.74, 6) is -4.34. The molecule has 32 atom stereocenters. The van der Waals surface area contributed by atoms with Crippen LogP contribution in [0.25, 0.3) is 0 Å². The Hall–Kier alpha value is -2.73. The average molecular weight is 1280 g/mol. The Labute approximate surface area is 517 Å². The van der Waals surface area contributed by atoms with Gasteiger partial charge < -0.3 is 124 Å². The van der Waals surface area contributed by atoms with Gasteiger partial charge in [0.15, 0.2) is 37.4 Å². The molecule has 28 heteroatoms. The zero-order valence-electron chi connectivity index (χ0n) is 51.7. The van der Waals surface area contributed by atoms with Gasteiger partial charge in [-0.15, -0.1) is 0 Å². The van der Waals surface area contributed by atoms with E-state index in [2.05, 4.69) is 33.8 Å². The fraction of sp³-hybridized carbons (Fsp3) is 0.918. The van der Waals surface area contributed by atoms with Crippen LogP contribution in [0, 0.1) is 56.2 Å². The van der Waals surface area contributed by atoms with Crippen molar-refractivity contribution in [2.24, 2.45) is 56.2 Å². The van der Waals surface area contributed by atoms with Crippen molar-refractivity contribution < 1.29 is 138 Å². The van der Waals surface area contributed by atoms with Gasteiger partial charge in [-0.2, -0.15) is 0 Å². The van der Waals surface area contributed by atoms with E-state index in [9.17, 15) is 91.0 Å². The van der Waals surface area contributed by atoms with Gasteiger partial charge in [-0.1, -0.05) is 81.4 Å². The maximum Gasteiger partial charge on any atom is 0.335 e. The highest BCUT2D eigenvalue weighted by molar-refractivity contribution is 5.73. The lowest BCUT2D eigenvalue weighted by molar-refractivity contribution is -0.394. The molecule has 0 aromatic heterocycles. The molecular weight excluding hydrogens is 1180 g/mol. The highest BCUT2D eigenvalue weighted by Crippen LogP contribution is 2.76. The van der Waals surface area contributed by atoms with E-state index in [0.717, 1.165) is 5.57 Å². The Morgan fingerprint density at radius 1 is 0.607 bits per heavy atom. The second-order valence-electron chi connectivity index (χ2n) is 28.7. The molecule has 32 unspecified atom stereocenters. The van der Waals surface area contributed by atoms with Crippen LogP contribution in [0.5, 0.6) is 0 Å². The molecule has 4 heterocycles. The number of aliphatic hydroxyl groups is 14. The van der Waals surface area contributed by atoms with Crippen LogP contribution in [-0.2, 0) is 61.8 Å². The lowest BCUT2D eigenvalue weighted by Gasteiger charge is -2.73. The number of carboxylic acids is 1. The van der Waals surface area contributed by atoms with Crippen LogP contribution in [-0.4, -0.2) is 268 Å². The zero-order chi connectivity index (χ0) is 65.2. The van der Waals surface area contributed by atoms with Crippen molar-refractivity contribution in [1.82, 2.24) is 0 Å². The Kier molecular flexibility index (Phi) is 21.2. The Bertz CT molecular complexity index is 2530. The van der Waals surface area contributed by atoms with Crippen molar-refractivity contribution in [3.8, 4) is 0 Å². The standard InChI is InChI=1S/C60H96O28.CH4/c1-22(2)50(78)88-48-47(80-24(4)64)55(5,6)18-26-25-12-13-30-57(9)16-15-31(56(7,8)29(57)14-17-58(30,10)59(25,11)45(74)46(75)60(26,48)21-63)83-51-38(71)36(69)41(23(3)79-51)84-53-40(73)42(39(72)43(86-53)49(76)77)85-54-44(35(68)33(66)28(20-62)82-54)87-52-37(70)34(67)32(65)27(19-61)81-52;/h12,22-23,26-48,51-54,61-63,65-75H,13-21H2,1-11H3,(H,76,77);1H4. The van der Waals surface area contributed by atoms with Gasteiger partial charge in [0.05, 0.1) is 55.6 Å². The van der Waals surface area contributed by atoms with Crippen molar-refractivity contribution >= 4 is 17.9 Å². The number of rotatable bonds is 15. The summed E-state index contributed by atoms with van der Waals surface area (Å²) in [6.45, 7) is 17.9. The van der Waals surface area contributed by atoms with E-state index in [0.29, 0.717) is 38.5 Å². The molecule has 512 valence electrons. The number of aliphatic carboxylic acids is 1. The summed E-state index contributed by atoms with van der Waals surface area (Å²) >= 11 is 0. The minimum absolute atomic E-state index is 0.